The van der Waals surface area contributed by atoms with Crippen LogP contribution in [0.4, 0.5) is 11.4 Å². The van der Waals surface area contributed by atoms with Gasteiger partial charge in [-0.25, -0.2) is 0 Å². The molecule has 4 N–H and O–H groups in total. The third-order valence-corrected chi connectivity index (χ3v) is 3.19. The van der Waals surface area contributed by atoms with Gasteiger partial charge in [-0.3, -0.25) is 0 Å². The lowest BCUT2D eigenvalue weighted by Gasteiger charge is -2.07. The van der Waals surface area contributed by atoms with Gasteiger partial charge in [-0.05, 0) is 23.6 Å². The highest BCUT2D eigenvalue weighted by molar-refractivity contribution is 7.15. The number of hydrogen-bond acceptors (Lipinski definition) is 3. The number of nitrogen functional groups attached to an aromatic ring is 2. The van der Waals surface area contributed by atoms with Crippen LogP contribution in [0, 0.1) is 0 Å². The third-order valence-electron chi connectivity index (χ3n) is 2.02. The van der Waals surface area contributed by atoms with Gasteiger partial charge in [-0.2, -0.15) is 0 Å². The third kappa shape index (κ3) is 1.45. The first-order valence-electron chi connectivity index (χ1n) is 4.07. The van der Waals surface area contributed by atoms with Crippen molar-refractivity contribution in [1.82, 2.24) is 0 Å². The lowest BCUT2D eigenvalue weighted by molar-refractivity contribution is 1.64. The molecule has 1 heterocycles. The normalized spacial score (nSPS) is 10.4. The van der Waals surface area contributed by atoms with Gasteiger partial charge in [0.2, 0.25) is 0 Å². The Bertz CT molecular complexity index is 445. The highest BCUT2D eigenvalue weighted by atomic mass is 35.5. The molecule has 2 nitrogen and oxygen atoms in total. The summed E-state index contributed by atoms with van der Waals surface area (Å²) < 4.78 is 0.717. The Balaban J connectivity index is 2.68. The molecule has 0 aliphatic rings. The smallest absolute Gasteiger partial charge is 0.101 e. The molecule has 0 spiro atoms. The summed E-state index contributed by atoms with van der Waals surface area (Å²) in [6.07, 6.45) is 0. The second kappa shape index (κ2) is 3.52. The number of nitrogens with two attached hydrogens (primary N) is 2. The van der Waals surface area contributed by atoms with Gasteiger partial charge in [0.1, 0.15) is 4.34 Å². The first-order chi connectivity index (χ1) is 6.70. The minimum Gasteiger partial charge on any atom is -0.398 e. The number of anilines is 2. The Hall–Kier alpha value is -1.19. The first kappa shape index (κ1) is 9.37. The molecule has 2 aromatic rings. The van der Waals surface area contributed by atoms with Crippen LogP contribution in [-0.4, -0.2) is 0 Å². The molecule has 0 saturated carbocycles. The average molecular weight is 225 g/mol. The minimum atomic E-state index is 0.658. The quantitative estimate of drug-likeness (QED) is 0.731. The van der Waals surface area contributed by atoms with Gasteiger partial charge in [-0.1, -0.05) is 17.7 Å². The first-order valence-corrected chi connectivity index (χ1v) is 5.33. The summed E-state index contributed by atoms with van der Waals surface area (Å²) in [5.74, 6) is 0. The monoisotopic (exact) mass is 224 g/mol. The lowest BCUT2D eigenvalue weighted by atomic mass is 10.1. The standard InChI is InChI=1S/C10H9ClN2S/c11-10-6(4-5-14-10)9-7(12)2-1-3-8(9)13/h1-5H,12-13H2. The average Bonchev–Trinajstić information content (AvgIpc) is 2.52. The van der Waals surface area contributed by atoms with Crippen molar-refractivity contribution in [3.8, 4) is 11.1 Å². The molecule has 1 aromatic carbocycles. The molecule has 0 amide bonds. The van der Waals surface area contributed by atoms with Crippen molar-refractivity contribution in [2.75, 3.05) is 11.5 Å². The maximum atomic E-state index is 6.03. The summed E-state index contributed by atoms with van der Waals surface area (Å²) in [6.45, 7) is 0. The van der Waals surface area contributed by atoms with Crippen LogP contribution in [0.1, 0.15) is 0 Å². The molecule has 0 aliphatic heterocycles. The van der Waals surface area contributed by atoms with Gasteiger partial charge in [0.05, 0.1) is 0 Å². The van der Waals surface area contributed by atoms with Crippen LogP contribution in [0.25, 0.3) is 11.1 Å². The predicted octanol–water partition coefficient (Wildman–Crippen LogP) is 3.23. The summed E-state index contributed by atoms with van der Waals surface area (Å²) in [7, 11) is 0. The Morgan fingerprint density at radius 3 is 2.21 bits per heavy atom. The van der Waals surface area contributed by atoms with E-state index >= 15 is 0 Å². The minimum absolute atomic E-state index is 0.658. The topological polar surface area (TPSA) is 52.0 Å². The van der Waals surface area contributed by atoms with Crippen molar-refractivity contribution in [1.29, 1.82) is 0 Å². The summed E-state index contributed by atoms with van der Waals surface area (Å²) >= 11 is 7.50. The number of rotatable bonds is 1. The van der Waals surface area contributed by atoms with E-state index in [0.717, 1.165) is 15.5 Å². The van der Waals surface area contributed by atoms with E-state index in [1.54, 1.807) is 0 Å². The van der Waals surface area contributed by atoms with Gasteiger partial charge in [-0.15, -0.1) is 11.3 Å². The number of hydrogen-bond donors (Lipinski definition) is 2. The van der Waals surface area contributed by atoms with Crippen LogP contribution < -0.4 is 11.5 Å². The Morgan fingerprint density at radius 2 is 1.71 bits per heavy atom. The summed E-state index contributed by atoms with van der Waals surface area (Å²) in [4.78, 5) is 0. The fourth-order valence-electron chi connectivity index (χ4n) is 1.37. The SMILES string of the molecule is Nc1cccc(N)c1-c1ccsc1Cl. The molecular formula is C10H9ClN2S. The molecule has 14 heavy (non-hydrogen) atoms. The maximum absolute atomic E-state index is 6.03. The van der Waals surface area contributed by atoms with Gasteiger partial charge >= 0.3 is 0 Å². The number of thiophene rings is 1. The Labute approximate surface area is 91.1 Å². The van der Waals surface area contributed by atoms with Crippen LogP contribution in [-0.2, 0) is 0 Å². The number of benzene rings is 1. The van der Waals surface area contributed by atoms with Gasteiger partial charge < -0.3 is 11.5 Å². The largest absolute Gasteiger partial charge is 0.398 e. The van der Waals surface area contributed by atoms with E-state index in [0.29, 0.717) is 11.4 Å². The predicted molar refractivity (Wildman–Crippen MR) is 63.6 cm³/mol. The number of halogens is 1. The van der Waals surface area contributed by atoms with E-state index < -0.39 is 0 Å². The highest BCUT2D eigenvalue weighted by Crippen LogP contribution is 2.38. The van der Waals surface area contributed by atoms with Crippen molar-refractivity contribution < 1.29 is 0 Å². The molecule has 0 aliphatic carbocycles. The fraction of sp³-hybridized carbons (Fsp3) is 0. The lowest BCUT2D eigenvalue weighted by Crippen LogP contribution is -1.95. The second-order valence-electron chi connectivity index (χ2n) is 2.92. The van der Waals surface area contributed by atoms with Gasteiger partial charge in [0.25, 0.3) is 0 Å². The summed E-state index contributed by atoms with van der Waals surface area (Å²) in [5.41, 5.74) is 14.8. The van der Waals surface area contributed by atoms with Crippen molar-refractivity contribution in [3.05, 3.63) is 34.0 Å². The van der Waals surface area contributed by atoms with Crippen LogP contribution in [0.15, 0.2) is 29.6 Å². The van der Waals surface area contributed by atoms with Crippen LogP contribution in [0.2, 0.25) is 4.34 Å². The molecule has 1 aromatic heterocycles. The molecule has 0 bridgehead atoms. The van der Waals surface area contributed by atoms with Gasteiger partial charge in [0, 0.05) is 22.5 Å². The van der Waals surface area contributed by atoms with E-state index in [9.17, 15) is 0 Å². The summed E-state index contributed by atoms with van der Waals surface area (Å²) in [6, 6.07) is 7.39. The molecule has 0 unspecified atom stereocenters. The fourth-order valence-corrected chi connectivity index (χ4v) is 2.30. The van der Waals surface area contributed by atoms with E-state index in [1.807, 2.05) is 29.6 Å². The van der Waals surface area contributed by atoms with Crippen molar-refractivity contribution >= 4 is 34.3 Å². The molecule has 2 rings (SSSR count). The van der Waals surface area contributed by atoms with Crippen LogP contribution in [0.3, 0.4) is 0 Å². The van der Waals surface area contributed by atoms with E-state index in [4.69, 9.17) is 23.1 Å². The molecular weight excluding hydrogens is 216 g/mol. The molecule has 0 atom stereocenters. The molecule has 72 valence electrons. The van der Waals surface area contributed by atoms with Crippen molar-refractivity contribution in [3.63, 3.8) is 0 Å². The molecule has 4 heteroatoms. The zero-order valence-corrected chi connectivity index (χ0v) is 8.90. The Morgan fingerprint density at radius 1 is 1.07 bits per heavy atom. The second-order valence-corrected chi connectivity index (χ2v) is 4.44. The molecule has 0 radical (unpaired) electrons. The van der Waals surface area contributed by atoms with E-state index in [2.05, 4.69) is 0 Å². The van der Waals surface area contributed by atoms with Crippen molar-refractivity contribution in [2.24, 2.45) is 0 Å². The summed E-state index contributed by atoms with van der Waals surface area (Å²) in [5, 5.41) is 1.92. The zero-order valence-electron chi connectivity index (χ0n) is 7.33. The zero-order chi connectivity index (χ0) is 10.1. The Kier molecular flexibility index (Phi) is 2.35. The molecule has 0 saturated heterocycles. The highest BCUT2D eigenvalue weighted by Gasteiger charge is 2.10. The van der Waals surface area contributed by atoms with Crippen LogP contribution >= 0.6 is 22.9 Å². The van der Waals surface area contributed by atoms with Crippen LogP contribution in [0.5, 0.6) is 0 Å². The van der Waals surface area contributed by atoms with E-state index in [1.165, 1.54) is 11.3 Å². The van der Waals surface area contributed by atoms with Crippen molar-refractivity contribution in [2.45, 2.75) is 0 Å². The molecule has 0 fully saturated rings. The maximum Gasteiger partial charge on any atom is 0.101 e. The van der Waals surface area contributed by atoms with Gasteiger partial charge in [0.15, 0.2) is 0 Å². The van der Waals surface area contributed by atoms with E-state index in [-0.39, 0.29) is 0 Å².